The van der Waals surface area contributed by atoms with E-state index in [1.165, 1.54) is 33.6 Å². The number of hydrogen-bond acceptors (Lipinski definition) is 5. The van der Waals surface area contributed by atoms with Crippen molar-refractivity contribution in [2.24, 2.45) is 11.8 Å². The molecule has 1 amide bonds. The number of benzene rings is 1. The van der Waals surface area contributed by atoms with Gasteiger partial charge >= 0.3 is 0 Å². The summed E-state index contributed by atoms with van der Waals surface area (Å²) < 4.78 is 6.08. The third-order valence-corrected chi connectivity index (χ3v) is 6.51. The van der Waals surface area contributed by atoms with Gasteiger partial charge < -0.3 is 15.0 Å². The summed E-state index contributed by atoms with van der Waals surface area (Å²) in [5.74, 6) is 1.34. The van der Waals surface area contributed by atoms with Crippen LogP contribution in [0.15, 0.2) is 17.6 Å². The molecule has 3 rings (SSSR count). The third kappa shape index (κ3) is 4.73. The average Bonchev–Trinajstić information content (AvgIpc) is 3.17. The number of hydrogen-bond donors (Lipinski definition) is 1. The molecular weight excluding hydrogens is 370 g/mol. The van der Waals surface area contributed by atoms with Crippen molar-refractivity contribution in [1.82, 2.24) is 9.88 Å². The highest BCUT2D eigenvalue weighted by Gasteiger charge is 2.30. The van der Waals surface area contributed by atoms with E-state index in [0.717, 1.165) is 31.6 Å². The molecule has 0 spiro atoms. The Morgan fingerprint density at radius 2 is 2.18 bits per heavy atom. The van der Waals surface area contributed by atoms with Gasteiger partial charge in [0.25, 0.3) is 0 Å². The van der Waals surface area contributed by atoms with E-state index in [9.17, 15) is 4.79 Å². The molecular formula is C22H31N3O2S. The van der Waals surface area contributed by atoms with Crippen molar-refractivity contribution in [3.8, 4) is 5.75 Å². The van der Waals surface area contributed by atoms with Crippen LogP contribution in [0.3, 0.4) is 0 Å². The van der Waals surface area contributed by atoms with Crippen LogP contribution in [0.4, 0.5) is 5.13 Å². The number of carbonyl (C=O) groups is 1. The first-order chi connectivity index (χ1) is 13.4. The lowest BCUT2D eigenvalue weighted by Crippen LogP contribution is -2.31. The van der Waals surface area contributed by atoms with Gasteiger partial charge in [-0.3, -0.25) is 4.79 Å². The van der Waals surface area contributed by atoms with Crippen molar-refractivity contribution in [2.75, 3.05) is 32.6 Å². The van der Waals surface area contributed by atoms with Crippen LogP contribution in [0.2, 0.25) is 0 Å². The molecule has 2 aromatic rings. The monoisotopic (exact) mass is 401 g/mol. The Hall–Kier alpha value is -1.92. The minimum absolute atomic E-state index is 0.0462. The Morgan fingerprint density at radius 1 is 1.39 bits per heavy atom. The molecule has 28 heavy (non-hydrogen) atoms. The molecule has 1 heterocycles. The van der Waals surface area contributed by atoms with Gasteiger partial charge in [0, 0.05) is 24.0 Å². The second-order valence-electron chi connectivity index (χ2n) is 8.04. The van der Waals surface area contributed by atoms with E-state index in [-0.39, 0.29) is 11.8 Å². The summed E-state index contributed by atoms with van der Waals surface area (Å²) in [6.07, 6.45) is 4.71. The van der Waals surface area contributed by atoms with E-state index >= 15 is 0 Å². The number of aryl methyl sites for hydroxylation is 1. The number of ether oxygens (including phenoxy) is 1. The van der Waals surface area contributed by atoms with E-state index in [0.29, 0.717) is 17.7 Å². The van der Waals surface area contributed by atoms with Gasteiger partial charge in [-0.05, 0) is 81.4 Å². The summed E-state index contributed by atoms with van der Waals surface area (Å²) in [7, 11) is 4.11. The molecule has 0 fully saturated rings. The number of rotatable bonds is 7. The van der Waals surface area contributed by atoms with Gasteiger partial charge in [0.15, 0.2) is 5.13 Å². The number of anilines is 1. The Kier molecular flexibility index (Phi) is 6.73. The SMILES string of the molecule is Cc1cc(OCCN(C)C)c(C)c2c1CCC(C(C)C(=O)Nc1nccs1)C2. The van der Waals surface area contributed by atoms with Crippen LogP contribution < -0.4 is 10.1 Å². The molecule has 1 aromatic carbocycles. The fourth-order valence-electron chi connectivity index (χ4n) is 3.96. The van der Waals surface area contributed by atoms with E-state index in [4.69, 9.17) is 4.74 Å². The van der Waals surface area contributed by atoms with Crippen LogP contribution in [0.1, 0.15) is 35.6 Å². The van der Waals surface area contributed by atoms with Crippen molar-refractivity contribution in [1.29, 1.82) is 0 Å². The van der Waals surface area contributed by atoms with E-state index < -0.39 is 0 Å². The smallest absolute Gasteiger partial charge is 0.229 e. The van der Waals surface area contributed by atoms with Gasteiger partial charge in [-0.15, -0.1) is 11.3 Å². The lowest BCUT2D eigenvalue weighted by Gasteiger charge is -2.31. The van der Waals surface area contributed by atoms with Crippen LogP contribution in [-0.2, 0) is 17.6 Å². The summed E-state index contributed by atoms with van der Waals surface area (Å²) >= 11 is 1.46. The highest BCUT2D eigenvalue weighted by atomic mass is 32.1. The maximum Gasteiger partial charge on any atom is 0.229 e. The summed E-state index contributed by atoms with van der Waals surface area (Å²) in [6.45, 7) is 7.95. The Bertz CT molecular complexity index is 818. The number of aromatic nitrogens is 1. The van der Waals surface area contributed by atoms with Crippen LogP contribution in [0.5, 0.6) is 5.75 Å². The number of carbonyl (C=O) groups excluding carboxylic acids is 1. The number of nitrogens with one attached hydrogen (secondary N) is 1. The average molecular weight is 402 g/mol. The summed E-state index contributed by atoms with van der Waals surface area (Å²) in [5, 5.41) is 5.51. The third-order valence-electron chi connectivity index (χ3n) is 5.82. The van der Waals surface area contributed by atoms with Crippen LogP contribution >= 0.6 is 11.3 Å². The molecule has 152 valence electrons. The lowest BCUT2D eigenvalue weighted by molar-refractivity contribution is -0.121. The fourth-order valence-corrected chi connectivity index (χ4v) is 4.49. The molecule has 0 aliphatic heterocycles. The molecule has 1 aliphatic rings. The number of likely N-dealkylation sites (N-methyl/N-ethyl adjacent to an activating group) is 1. The zero-order valence-corrected chi connectivity index (χ0v) is 18.4. The molecule has 2 unspecified atom stereocenters. The Labute approximate surface area is 172 Å². The maximum absolute atomic E-state index is 12.7. The number of amides is 1. The van der Waals surface area contributed by atoms with E-state index in [1.54, 1.807) is 6.20 Å². The summed E-state index contributed by atoms with van der Waals surface area (Å²) in [6, 6.07) is 2.18. The second kappa shape index (κ2) is 9.05. The predicted octanol–water partition coefficient (Wildman–Crippen LogP) is 4.08. The Morgan fingerprint density at radius 3 is 2.86 bits per heavy atom. The Balaban J connectivity index is 1.73. The first-order valence-corrected chi connectivity index (χ1v) is 10.8. The molecule has 0 radical (unpaired) electrons. The van der Waals surface area contributed by atoms with Gasteiger partial charge in [0.2, 0.25) is 5.91 Å². The molecule has 0 saturated heterocycles. The van der Waals surface area contributed by atoms with E-state index in [1.807, 2.05) is 12.3 Å². The van der Waals surface area contributed by atoms with Gasteiger partial charge in [0.1, 0.15) is 12.4 Å². The molecule has 1 aliphatic carbocycles. The fraction of sp³-hybridized carbons (Fsp3) is 0.545. The zero-order chi connectivity index (χ0) is 20.3. The molecule has 0 bridgehead atoms. The number of thiazole rings is 1. The standard InChI is InChI=1S/C22H31N3O2S/c1-14-12-20(27-10-9-25(4)5)16(3)19-13-17(6-7-18(14)19)15(2)21(26)24-22-23-8-11-28-22/h8,11-12,15,17H,6-7,9-10,13H2,1-5H3,(H,23,24,26). The quantitative estimate of drug-likeness (QED) is 0.760. The van der Waals surface area contributed by atoms with E-state index in [2.05, 4.69) is 49.2 Å². The van der Waals surface area contributed by atoms with Crippen molar-refractivity contribution in [3.63, 3.8) is 0 Å². The molecule has 6 heteroatoms. The second-order valence-corrected chi connectivity index (χ2v) is 8.94. The highest BCUT2D eigenvalue weighted by Crippen LogP contribution is 2.38. The highest BCUT2D eigenvalue weighted by molar-refractivity contribution is 7.13. The van der Waals surface area contributed by atoms with Crippen molar-refractivity contribution in [3.05, 3.63) is 39.9 Å². The molecule has 5 nitrogen and oxygen atoms in total. The van der Waals surface area contributed by atoms with Crippen molar-refractivity contribution < 1.29 is 9.53 Å². The molecule has 1 aromatic heterocycles. The first kappa shape index (κ1) is 20.8. The van der Waals surface area contributed by atoms with Gasteiger partial charge in [0.05, 0.1) is 0 Å². The van der Waals surface area contributed by atoms with Crippen molar-refractivity contribution >= 4 is 22.4 Å². The summed E-state index contributed by atoms with van der Waals surface area (Å²) in [5.41, 5.74) is 5.36. The predicted molar refractivity (Wildman–Crippen MR) is 115 cm³/mol. The lowest BCUT2D eigenvalue weighted by atomic mass is 9.75. The summed E-state index contributed by atoms with van der Waals surface area (Å²) in [4.78, 5) is 19.0. The van der Waals surface area contributed by atoms with Gasteiger partial charge in [-0.25, -0.2) is 4.98 Å². The van der Waals surface area contributed by atoms with Crippen LogP contribution in [0, 0.1) is 25.7 Å². The van der Waals surface area contributed by atoms with Gasteiger partial charge in [-0.1, -0.05) is 6.92 Å². The topological polar surface area (TPSA) is 54.5 Å². The van der Waals surface area contributed by atoms with Gasteiger partial charge in [-0.2, -0.15) is 0 Å². The minimum atomic E-state index is -0.0462. The zero-order valence-electron chi connectivity index (χ0n) is 17.5. The largest absolute Gasteiger partial charge is 0.492 e. The molecule has 2 atom stereocenters. The molecule has 1 N–H and O–H groups in total. The minimum Gasteiger partial charge on any atom is -0.492 e. The number of fused-ring (bicyclic) bond motifs is 1. The number of nitrogens with zero attached hydrogens (tertiary/aromatic N) is 2. The van der Waals surface area contributed by atoms with Crippen LogP contribution in [-0.4, -0.2) is 43.0 Å². The normalized spacial score (nSPS) is 17.3. The maximum atomic E-state index is 12.7. The van der Waals surface area contributed by atoms with Crippen molar-refractivity contribution in [2.45, 2.75) is 40.0 Å². The van der Waals surface area contributed by atoms with Crippen LogP contribution in [0.25, 0.3) is 0 Å². The molecule has 0 saturated carbocycles. The first-order valence-electron chi connectivity index (χ1n) is 9.96.